The molecule has 272 valence electrons. The molecule has 2 aromatic carbocycles. The summed E-state index contributed by atoms with van der Waals surface area (Å²) in [5.41, 5.74) is 0.0882. The molecule has 0 unspecified atom stereocenters. The van der Waals surface area contributed by atoms with Crippen molar-refractivity contribution in [2.24, 2.45) is 0 Å². The maximum Gasteiger partial charge on any atom is 0.460 e. The van der Waals surface area contributed by atoms with Gasteiger partial charge in [-0.1, -0.05) is 12.1 Å². The highest BCUT2D eigenvalue weighted by molar-refractivity contribution is 7.86. The maximum atomic E-state index is 13.0. The first-order valence-corrected chi connectivity index (χ1v) is 14.4. The topological polar surface area (TPSA) is 143 Å². The largest absolute Gasteiger partial charge is 0.743 e. The van der Waals surface area contributed by atoms with Crippen LogP contribution in [-0.4, -0.2) is 69.8 Å². The molecule has 9 nitrogen and oxygen atoms in total. The molecule has 0 saturated carbocycles. The van der Waals surface area contributed by atoms with E-state index in [0.29, 0.717) is 0 Å². The van der Waals surface area contributed by atoms with Crippen LogP contribution in [0.5, 0.6) is 0 Å². The van der Waals surface area contributed by atoms with Crippen LogP contribution < -0.4 is 21.2 Å². The monoisotopic (exact) mass is 870 g/mol. The summed E-state index contributed by atoms with van der Waals surface area (Å²) in [6, 6.07) is 12.8. The summed E-state index contributed by atoms with van der Waals surface area (Å²) < 4.78 is 246. The number of rotatable bonds is 11. The van der Waals surface area contributed by atoms with Crippen LogP contribution in [0.2, 0.25) is 0 Å². The number of nitrogens with zero attached hydrogens (tertiary/aromatic N) is 2. The number of benzene rings is 2. The van der Waals surface area contributed by atoms with Crippen molar-refractivity contribution in [3.8, 4) is 0 Å². The summed E-state index contributed by atoms with van der Waals surface area (Å²) in [6.07, 6.45) is -7.89. The van der Waals surface area contributed by atoms with Gasteiger partial charge in [-0.2, -0.15) is 74.6 Å². The van der Waals surface area contributed by atoms with Gasteiger partial charge in [0.25, 0.3) is 11.4 Å². The van der Waals surface area contributed by atoms with E-state index in [1.165, 1.54) is 24.3 Å². The molecule has 0 aliphatic rings. The number of alkyl halides is 17. The minimum absolute atomic E-state index is 0.0441. The first-order valence-electron chi connectivity index (χ1n) is 10.9. The molecule has 0 atom stereocenters. The third kappa shape index (κ3) is 7.32. The zero-order chi connectivity index (χ0) is 38.3. The second kappa shape index (κ2) is 13.2. The smallest absolute Gasteiger partial charge is 0.460 e. The van der Waals surface area contributed by atoms with E-state index in [1.54, 1.807) is 24.3 Å². The number of non-ortho nitro benzene ring substituents is 2. The fraction of sp³-hybridized carbons (Fsp3) is 0.400. The lowest BCUT2D eigenvalue weighted by Gasteiger charge is -2.42. The summed E-state index contributed by atoms with van der Waals surface area (Å²) >= 11 is -0.665. The van der Waals surface area contributed by atoms with Gasteiger partial charge in [0, 0.05) is 12.1 Å². The highest BCUT2D eigenvalue weighted by Crippen LogP contribution is 2.64. The minimum Gasteiger partial charge on any atom is -0.743 e. The van der Waals surface area contributed by atoms with Crippen LogP contribution in [0.3, 0.4) is 0 Å². The molecule has 0 aliphatic heterocycles. The summed E-state index contributed by atoms with van der Waals surface area (Å²) in [6.45, 7) is 0. The van der Waals surface area contributed by atoms with Gasteiger partial charge in [-0.05, 0) is 12.1 Å². The van der Waals surface area contributed by atoms with E-state index >= 15 is 0 Å². The van der Waals surface area contributed by atoms with E-state index in [2.05, 4.69) is 0 Å². The van der Waals surface area contributed by atoms with Gasteiger partial charge < -0.3 is 4.55 Å². The average molecular weight is 870 g/mol. The average Bonchev–Trinajstić information content (AvgIpc) is 2.91. The maximum absolute atomic E-state index is 13.0. The highest BCUT2D eigenvalue weighted by atomic mass is 127. The molecule has 0 fully saturated rings. The van der Waals surface area contributed by atoms with E-state index in [9.17, 15) is 108 Å². The number of nitro benzene ring substituents is 2. The van der Waals surface area contributed by atoms with E-state index in [0.717, 1.165) is 7.14 Å². The van der Waals surface area contributed by atoms with Crippen molar-refractivity contribution in [3.05, 3.63) is 75.9 Å². The summed E-state index contributed by atoms with van der Waals surface area (Å²) in [7, 11) is -8.14. The molecular weight excluding hydrogens is 862 g/mol. The third-order valence-electron chi connectivity index (χ3n) is 5.26. The van der Waals surface area contributed by atoms with Crippen LogP contribution in [0.4, 0.5) is 86.0 Å². The lowest BCUT2D eigenvalue weighted by Crippen LogP contribution is -3.61. The Bertz CT molecular complexity index is 1580. The SMILES string of the molecule is O=S(=O)([O-])C(F)(F)C(F)(F)C(F)(F)C(F)(F)C(F)(F)C(F)(F)C(F)(F)C(F)(F)F.O=[N+]([O-])c1cccc([I+]c2cccc([N+](=O)[O-])c2)c1. The van der Waals surface area contributed by atoms with Gasteiger partial charge in [0.05, 0.1) is 22.0 Å². The van der Waals surface area contributed by atoms with Gasteiger partial charge in [0.15, 0.2) is 10.1 Å². The van der Waals surface area contributed by atoms with E-state index in [1.807, 2.05) is 0 Å². The van der Waals surface area contributed by atoms with Crippen LogP contribution in [0, 0.1) is 27.4 Å². The number of halogens is 18. The molecule has 0 radical (unpaired) electrons. The van der Waals surface area contributed by atoms with E-state index in [-0.39, 0.29) is 11.4 Å². The van der Waals surface area contributed by atoms with Gasteiger partial charge in [0.1, 0.15) is 0 Å². The Labute approximate surface area is 263 Å². The van der Waals surface area contributed by atoms with Crippen molar-refractivity contribution in [1.82, 2.24) is 0 Å². The molecule has 2 rings (SSSR count). The van der Waals surface area contributed by atoms with Crippen molar-refractivity contribution in [1.29, 1.82) is 0 Å². The molecule has 0 heterocycles. The first-order chi connectivity index (χ1) is 21.1. The number of hydrogen-bond acceptors (Lipinski definition) is 7. The van der Waals surface area contributed by atoms with Gasteiger partial charge in [-0.25, -0.2) is 8.42 Å². The Morgan fingerprint density at radius 2 is 0.812 bits per heavy atom. The standard InChI is InChI=1S/C12H8IN2O4.C8HF17O3S/c16-14(17)11-5-1-3-9(7-11)13-10-4-2-6-12(8-10)15(18)19;9-1(10,3(13,14)5(17,18)7(21,22)23)2(11,12)4(15,16)6(19,20)8(24,25)29(26,27)28/h1-8H;(H,26,27,28)/q+1;/p-1. The molecule has 28 heteroatoms. The molecule has 0 amide bonds. The van der Waals surface area contributed by atoms with Crippen LogP contribution in [-0.2, 0) is 10.1 Å². The summed E-state index contributed by atoms with van der Waals surface area (Å²) in [4.78, 5) is 20.5. The van der Waals surface area contributed by atoms with Gasteiger partial charge in [-0.3, -0.25) is 20.2 Å². The number of hydrogen-bond donors (Lipinski definition) is 0. The van der Waals surface area contributed by atoms with Gasteiger partial charge >= 0.3 is 68.2 Å². The Kier molecular flexibility index (Phi) is 11.7. The molecule has 2 aromatic rings. The van der Waals surface area contributed by atoms with Crippen LogP contribution in [0.15, 0.2) is 48.5 Å². The van der Waals surface area contributed by atoms with Gasteiger partial charge in [0.2, 0.25) is 7.14 Å². The van der Waals surface area contributed by atoms with Crippen molar-refractivity contribution in [3.63, 3.8) is 0 Å². The summed E-state index contributed by atoms with van der Waals surface area (Å²) in [5, 5.41) is 13.4. The molecule has 48 heavy (non-hydrogen) atoms. The molecule has 0 bridgehead atoms. The zero-order valence-electron chi connectivity index (χ0n) is 21.6. The van der Waals surface area contributed by atoms with Crippen molar-refractivity contribution in [2.45, 2.75) is 47.0 Å². The first kappa shape index (κ1) is 42.7. The Balaban J connectivity index is 0.000000519. The second-order valence-corrected chi connectivity index (χ2v) is 12.9. The molecule has 0 aliphatic carbocycles. The van der Waals surface area contributed by atoms with E-state index in [4.69, 9.17) is 0 Å². The molecule has 0 spiro atoms. The number of nitro groups is 2. The Morgan fingerprint density at radius 1 is 0.521 bits per heavy atom. The predicted octanol–water partition coefficient (Wildman–Crippen LogP) is 4.13. The Hall–Kier alpha value is -3.31. The second-order valence-electron chi connectivity index (χ2n) is 8.48. The fourth-order valence-corrected chi connectivity index (χ4v) is 5.62. The van der Waals surface area contributed by atoms with Crippen molar-refractivity contribution in [2.75, 3.05) is 0 Å². The lowest BCUT2D eigenvalue weighted by molar-refractivity contribution is -0.598. The minimum atomic E-state index is -8.92. The highest BCUT2D eigenvalue weighted by Gasteiger charge is 2.95. The lowest BCUT2D eigenvalue weighted by atomic mass is 9.91. The molecule has 0 aromatic heterocycles. The van der Waals surface area contributed by atoms with Crippen LogP contribution in [0.1, 0.15) is 0 Å². The third-order valence-corrected chi connectivity index (χ3v) is 8.74. The van der Waals surface area contributed by atoms with Crippen molar-refractivity contribution < 1.29 is 119 Å². The Morgan fingerprint density at radius 3 is 1.08 bits per heavy atom. The fourth-order valence-electron chi connectivity index (χ4n) is 2.73. The predicted molar refractivity (Wildman–Crippen MR) is 114 cm³/mol. The quantitative estimate of drug-likeness (QED) is 0.109. The normalized spacial score (nSPS) is 14.2. The van der Waals surface area contributed by atoms with Crippen molar-refractivity contribution >= 4 is 21.5 Å². The molecular formula is C20H8F17IN2O7S. The van der Waals surface area contributed by atoms with Crippen LogP contribution >= 0.6 is 0 Å². The molecule has 0 saturated heterocycles. The van der Waals surface area contributed by atoms with E-state index < -0.39 is 88.1 Å². The molecule has 0 N–H and O–H groups in total. The van der Waals surface area contributed by atoms with Gasteiger partial charge in [-0.15, -0.1) is 0 Å². The van der Waals surface area contributed by atoms with Crippen LogP contribution in [0.25, 0.3) is 0 Å². The summed E-state index contributed by atoms with van der Waals surface area (Å²) in [5.74, 6) is -52.1. The zero-order valence-corrected chi connectivity index (χ0v) is 24.6.